The molecule has 1 N–H and O–H groups in total. The molecule has 6 heteroatoms. The first-order valence-electron chi connectivity index (χ1n) is 8.10. The van der Waals surface area contributed by atoms with Gasteiger partial charge in [-0.15, -0.1) is 0 Å². The Morgan fingerprint density at radius 1 is 1.16 bits per heavy atom. The van der Waals surface area contributed by atoms with Gasteiger partial charge in [-0.1, -0.05) is 48.3 Å². The van der Waals surface area contributed by atoms with Gasteiger partial charge in [0, 0.05) is 28.1 Å². The van der Waals surface area contributed by atoms with E-state index in [-0.39, 0.29) is 5.91 Å². The molecule has 0 aliphatic heterocycles. The maximum atomic E-state index is 12.2. The van der Waals surface area contributed by atoms with Crippen molar-refractivity contribution in [3.63, 3.8) is 0 Å². The minimum Gasteiger partial charge on any atom is -0.481 e. The summed E-state index contributed by atoms with van der Waals surface area (Å²) in [5.41, 5.74) is 1.22. The van der Waals surface area contributed by atoms with Crippen molar-refractivity contribution in [3.05, 3.63) is 64.1 Å². The van der Waals surface area contributed by atoms with E-state index in [0.717, 1.165) is 16.5 Å². The number of benzene rings is 2. The molecule has 2 aromatic rings. The highest BCUT2D eigenvalue weighted by atomic mass is 35.5. The van der Waals surface area contributed by atoms with Crippen molar-refractivity contribution in [2.24, 2.45) is 0 Å². The number of carbonyl (C=O) groups is 1. The van der Waals surface area contributed by atoms with Gasteiger partial charge < -0.3 is 10.1 Å². The van der Waals surface area contributed by atoms with Crippen molar-refractivity contribution in [2.75, 3.05) is 12.3 Å². The first kappa shape index (κ1) is 20.0. The summed E-state index contributed by atoms with van der Waals surface area (Å²) >= 11 is 13.6. The van der Waals surface area contributed by atoms with Crippen LogP contribution in [0.2, 0.25) is 10.0 Å². The third kappa shape index (κ3) is 7.18. The average Bonchev–Trinajstić information content (AvgIpc) is 2.61. The molecular weight excluding hydrogens is 377 g/mol. The summed E-state index contributed by atoms with van der Waals surface area (Å²) in [6.07, 6.45) is 0.0794. The SMILES string of the molecule is CC[C@H](Oc1cccc(Cl)c1)C(=O)NCCSCc1ccc(Cl)cc1. The number of ether oxygens (including phenoxy) is 1. The van der Waals surface area contributed by atoms with Gasteiger partial charge in [0.05, 0.1) is 0 Å². The quantitative estimate of drug-likeness (QED) is 0.590. The summed E-state index contributed by atoms with van der Waals surface area (Å²) in [7, 11) is 0. The van der Waals surface area contributed by atoms with Crippen molar-refractivity contribution < 1.29 is 9.53 Å². The van der Waals surface area contributed by atoms with Crippen LogP contribution in [-0.4, -0.2) is 24.3 Å². The molecule has 3 nitrogen and oxygen atoms in total. The van der Waals surface area contributed by atoms with E-state index >= 15 is 0 Å². The van der Waals surface area contributed by atoms with Gasteiger partial charge in [0.25, 0.3) is 5.91 Å². The number of thioether (sulfide) groups is 1. The van der Waals surface area contributed by atoms with Crippen LogP contribution in [0.5, 0.6) is 5.75 Å². The zero-order valence-corrected chi connectivity index (χ0v) is 16.3. The molecule has 0 heterocycles. The molecular formula is C19H21Cl2NO2S. The van der Waals surface area contributed by atoms with Gasteiger partial charge in [-0.2, -0.15) is 11.8 Å². The molecule has 0 bridgehead atoms. The van der Waals surface area contributed by atoms with Crippen LogP contribution in [0.4, 0.5) is 0 Å². The highest BCUT2D eigenvalue weighted by Crippen LogP contribution is 2.19. The molecule has 0 spiro atoms. The van der Waals surface area contributed by atoms with E-state index in [1.54, 1.807) is 36.0 Å². The van der Waals surface area contributed by atoms with E-state index in [9.17, 15) is 4.79 Å². The third-order valence-electron chi connectivity index (χ3n) is 3.47. The van der Waals surface area contributed by atoms with E-state index in [1.807, 2.05) is 31.2 Å². The summed E-state index contributed by atoms with van der Waals surface area (Å²) in [5.74, 6) is 2.23. The Morgan fingerprint density at radius 2 is 1.92 bits per heavy atom. The summed E-state index contributed by atoms with van der Waals surface area (Å²) in [5, 5.41) is 4.26. The summed E-state index contributed by atoms with van der Waals surface area (Å²) < 4.78 is 5.73. The Labute approximate surface area is 163 Å². The molecule has 1 amide bonds. The number of hydrogen-bond donors (Lipinski definition) is 1. The molecule has 0 aliphatic rings. The van der Waals surface area contributed by atoms with Crippen LogP contribution in [0.25, 0.3) is 0 Å². The van der Waals surface area contributed by atoms with Crippen LogP contribution in [0.3, 0.4) is 0 Å². The second-order valence-corrected chi connectivity index (χ2v) is 7.42. The van der Waals surface area contributed by atoms with Crippen molar-refractivity contribution >= 4 is 40.9 Å². The molecule has 0 unspecified atom stereocenters. The smallest absolute Gasteiger partial charge is 0.261 e. The topological polar surface area (TPSA) is 38.3 Å². The molecule has 0 aliphatic carbocycles. The fourth-order valence-corrected chi connectivity index (χ4v) is 3.28. The van der Waals surface area contributed by atoms with Crippen molar-refractivity contribution in [1.82, 2.24) is 5.32 Å². The van der Waals surface area contributed by atoms with Crippen LogP contribution < -0.4 is 10.1 Å². The lowest BCUT2D eigenvalue weighted by atomic mass is 10.2. The van der Waals surface area contributed by atoms with Gasteiger partial charge in [-0.25, -0.2) is 0 Å². The highest BCUT2D eigenvalue weighted by molar-refractivity contribution is 7.98. The van der Waals surface area contributed by atoms with Crippen LogP contribution >= 0.6 is 35.0 Å². The van der Waals surface area contributed by atoms with Gasteiger partial charge in [-0.3, -0.25) is 4.79 Å². The summed E-state index contributed by atoms with van der Waals surface area (Å²) in [6, 6.07) is 14.9. The number of nitrogens with one attached hydrogen (secondary N) is 1. The van der Waals surface area contributed by atoms with E-state index < -0.39 is 6.10 Å². The number of rotatable bonds is 9. The van der Waals surface area contributed by atoms with Gasteiger partial charge in [-0.05, 0) is 42.3 Å². The standard InChI is InChI=1S/C19H21Cl2NO2S/c1-2-18(24-17-5-3-4-16(21)12-17)19(23)22-10-11-25-13-14-6-8-15(20)9-7-14/h3-9,12,18H,2,10-11,13H2,1H3,(H,22,23)/t18-/m0/s1. The van der Waals surface area contributed by atoms with Gasteiger partial charge in [0.1, 0.15) is 5.75 Å². The lowest BCUT2D eigenvalue weighted by Gasteiger charge is -2.17. The molecule has 1 atom stereocenters. The van der Waals surface area contributed by atoms with Crippen molar-refractivity contribution in [2.45, 2.75) is 25.2 Å². The third-order valence-corrected chi connectivity index (χ3v) is 4.98. The Hall–Kier alpha value is -1.36. The normalized spacial score (nSPS) is 11.8. The van der Waals surface area contributed by atoms with Gasteiger partial charge in [0.2, 0.25) is 0 Å². The molecule has 2 rings (SSSR count). The van der Waals surface area contributed by atoms with Gasteiger partial charge in [0.15, 0.2) is 6.10 Å². The van der Waals surface area contributed by atoms with Crippen LogP contribution in [0.1, 0.15) is 18.9 Å². The minimum atomic E-state index is -0.514. The number of halogens is 2. The maximum Gasteiger partial charge on any atom is 0.261 e. The minimum absolute atomic E-state index is 0.102. The monoisotopic (exact) mass is 397 g/mol. The summed E-state index contributed by atoms with van der Waals surface area (Å²) in [6.45, 7) is 2.52. The average molecular weight is 398 g/mol. The van der Waals surface area contributed by atoms with E-state index in [1.165, 1.54) is 5.56 Å². The zero-order valence-electron chi connectivity index (χ0n) is 14.0. The largest absolute Gasteiger partial charge is 0.481 e. The van der Waals surface area contributed by atoms with E-state index in [4.69, 9.17) is 27.9 Å². The molecule has 25 heavy (non-hydrogen) atoms. The first-order valence-corrected chi connectivity index (χ1v) is 10.0. The Kier molecular flexibility index (Phi) is 8.45. The van der Waals surface area contributed by atoms with Crippen molar-refractivity contribution in [1.29, 1.82) is 0 Å². The fourth-order valence-electron chi connectivity index (χ4n) is 2.16. The molecule has 0 saturated heterocycles. The predicted molar refractivity (Wildman–Crippen MR) is 107 cm³/mol. The number of carbonyl (C=O) groups excluding carboxylic acids is 1. The Bertz CT molecular complexity index is 679. The fraction of sp³-hybridized carbons (Fsp3) is 0.316. The summed E-state index contributed by atoms with van der Waals surface area (Å²) in [4.78, 5) is 12.2. The predicted octanol–water partition coefficient (Wildman–Crippen LogP) is 5.20. The van der Waals surface area contributed by atoms with Crippen LogP contribution in [0, 0.1) is 0 Å². The molecule has 0 radical (unpaired) electrons. The van der Waals surface area contributed by atoms with Crippen molar-refractivity contribution in [3.8, 4) is 5.75 Å². The molecule has 2 aromatic carbocycles. The van der Waals surface area contributed by atoms with E-state index in [0.29, 0.717) is 23.7 Å². The Balaban J connectivity index is 1.69. The van der Waals surface area contributed by atoms with Crippen LogP contribution in [-0.2, 0) is 10.5 Å². The second kappa shape index (κ2) is 10.6. The number of amides is 1. The lowest BCUT2D eigenvalue weighted by Crippen LogP contribution is -2.39. The second-order valence-electron chi connectivity index (χ2n) is 5.44. The zero-order chi connectivity index (χ0) is 18.1. The first-order chi connectivity index (χ1) is 12.1. The van der Waals surface area contributed by atoms with Crippen LogP contribution in [0.15, 0.2) is 48.5 Å². The molecule has 134 valence electrons. The molecule has 0 fully saturated rings. The Morgan fingerprint density at radius 3 is 2.60 bits per heavy atom. The van der Waals surface area contributed by atoms with Gasteiger partial charge >= 0.3 is 0 Å². The molecule has 0 aromatic heterocycles. The molecule has 0 saturated carbocycles. The number of hydrogen-bond acceptors (Lipinski definition) is 3. The lowest BCUT2D eigenvalue weighted by molar-refractivity contribution is -0.127. The highest BCUT2D eigenvalue weighted by Gasteiger charge is 2.17. The van der Waals surface area contributed by atoms with E-state index in [2.05, 4.69) is 5.32 Å². The maximum absolute atomic E-state index is 12.2.